The highest BCUT2D eigenvalue weighted by atomic mass is 32.1. The Balaban J connectivity index is 1.80. The van der Waals surface area contributed by atoms with Crippen LogP contribution in [0, 0.1) is 17.0 Å². The second-order valence-corrected chi connectivity index (χ2v) is 7.35. The van der Waals surface area contributed by atoms with Crippen LogP contribution in [0.1, 0.15) is 34.7 Å². The smallest absolute Gasteiger partial charge is 0.267 e. The summed E-state index contributed by atoms with van der Waals surface area (Å²) in [6.07, 6.45) is 5.60. The molecule has 0 unspecified atom stereocenters. The third-order valence-corrected chi connectivity index (χ3v) is 5.72. The van der Waals surface area contributed by atoms with E-state index < -0.39 is 4.92 Å². The van der Waals surface area contributed by atoms with E-state index in [4.69, 9.17) is 0 Å². The average Bonchev–Trinajstić information content (AvgIpc) is 2.99. The fourth-order valence-corrected chi connectivity index (χ4v) is 4.57. The summed E-state index contributed by atoms with van der Waals surface area (Å²) in [6.45, 7) is 1.74. The van der Waals surface area contributed by atoms with Gasteiger partial charge in [0.15, 0.2) is 0 Å². The quantitative estimate of drug-likeness (QED) is 0.402. The minimum absolute atomic E-state index is 0.0153. The van der Waals surface area contributed by atoms with Crippen LogP contribution in [0.2, 0.25) is 0 Å². The summed E-state index contributed by atoms with van der Waals surface area (Å²) >= 11 is 1.61. The van der Waals surface area contributed by atoms with Gasteiger partial charge in [-0.1, -0.05) is 12.1 Å². The number of aromatic nitrogens is 2. The van der Waals surface area contributed by atoms with Crippen molar-refractivity contribution in [1.82, 2.24) is 9.66 Å². The van der Waals surface area contributed by atoms with E-state index in [0.717, 1.165) is 36.1 Å². The Bertz CT molecular complexity index is 1110. The van der Waals surface area contributed by atoms with Crippen molar-refractivity contribution in [2.24, 2.45) is 5.10 Å². The van der Waals surface area contributed by atoms with Crippen molar-refractivity contribution in [1.29, 1.82) is 0 Å². The predicted octanol–water partition coefficient (Wildman–Crippen LogP) is 3.44. The van der Waals surface area contributed by atoms with Gasteiger partial charge in [-0.05, 0) is 38.2 Å². The Morgan fingerprint density at radius 2 is 2.15 bits per heavy atom. The minimum Gasteiger partial charge on any atom is -0.267 e. The number of benzene rings is 1. The summed E-state index contributed by atoms with van der Waals surface area (Å²) < 4.78 is 1.28. The monoisotopic (exact) mass is 368 g/mol. The Morgan fingerprint density at radius 3 is 2.96 bits per heavy atom. The molecule has 1 aliphatic rings. The summed E-state index contributed by atoms with van der Waals surface area (Å²) in [4.78, 5) is 30.0. The highest BCUT2D eigenvalue weighted by Gasteiger charge is 2.21. The molecule has 7 nitrogen and oxygen atoms in total. The van der Waals surface area contributed by atoms with E-state index in [9.17, 15) is 14.9 Å². The lowest BCUT2D eigenvalue weighted by molar-refractivity contribution is -0.384. The Labute approximate surface area is 152 Å². The molecule has 0 radical (unpaired) electrons. The van der Waals surface area contributed by atoms with Gasteiger partial charge in [0.25, 0.3) is 11.2 Å². The highest BCUT2D eigenvalue weighted by Crippen LogP contribution is 2.33. The first-order valence-electron chi connectivity index (χ1n) is 8.37. The number of nitrogens with zero attached hydrogens (tertiary/aromatic N) is 4. The zero-order chi connectivity index (χ0) is 18.3. The van der Waals surface area contributed by atoms with Crippen molar-refractivity contribution in [2.45, 2.75) is 32.6 Å². The van der Waals surface area contributed by atoms with Crippen LogP contribution in [-0.4, -0.2) is 20.8 Å². The van der Waals surface area contributed by atoms with E-state index >= 15 is 0 Å². The SMILES string of the molecule is Cc1nc2sc3c(c2c(=O)n1/N=C\c1cccc([N+](=O)[O-])c1)CCCC3. The van der Waals surface area contributed by atoms with Crippen LogP contribution < -0.4 is 5.56 Å². The third-order valence-electron chi connectivity index (χ3n) is 4.53. The Hall–Kier alpha value is -2.87. The average molecular weight is 368 g/mol. The molecule has 3 aromatic rings. The molecule has 0 saturated heterocycles. The van der Waals surface area contributed by atoms with E-state index in [1.807, 2.05) is 0 Å². The Kier molecular flexibility index (Phi) is 4.12. The maximum Gasteiger partial charge on any atom is 0.283 e. The number of aryl methyl sites for hydroxylation is 3. The van der Waals surface area contributed by atoms with Gasteiger partial charge in [-0.25, -0.2) is 4.98 Å². The minimum atomic E-state index is -0.458. The molecule has 0 spiro atoms. The number of hydrogen-bond acceptors (Lipinski definition) is 6. The standard InChI is InChI=1S/C18H16N4O3S/c1-11-20-17-16(14-7-2-3-8-15(14)26-17)18(23)21(11)19-10-12-5-4-6-13(9-12)22(24)25/h4-6,9-10H,2-3,7-8H2,1H3/b19-10-. The molecule has 2 aromatic heterocycles. The van der Waals surface area contributed by atoms with Crippen LogP contribution >= 0.6 is 11.3 Å². The summed E-state index contributed by atoms with van der Waals surface area (Å²) in [7, 11) is 0. The summed E-state index contributed by atoms with van der Waals surface area (Å²) in [5.74, 6) is 0.503. The van der Waals surface area contributed by atoms with Crippen molar-refractivity contribution in [3.8, 4) is 0 Å². The van der Waals surface area contributed by atoms with Gasteiger partial charge in [-0.3, -0.25) is 14.9 Å². The molecule has 0 fully saturated rings. The predicted molar refractivity (Wildman–Crippen MR) is 101 cm³/mol. The number of thiophene rings is 1. The summed E-state index contributed by atoms with van der Waals surface area (Å²) in [5.41, 5.74) is 1.48. The molecule has 1 aromatic carbocycles. The lowest BCUT2D eigenvalue weighted by Crippen LogP contribution is -2.21. The second-order valence-electron chi connectivity index (χ2n) is 6.26. The van der Waals surface area contributed by atoms with Gasteiger partial charge < -0.3 is 0 Å². The normalized spacial score (nSPS) is 14.0. The van der Waals surface area contributed by atoms with E-state index in [1.165, 1.54) is 27.9 Å². The van der Waals surface area contributed by atoms with E-state index in [2.05, 4.69) is 10.1 Å². The summed E-state index contributed by atoms with van der Waals surface area (Å²) in [5, 5.41) is 15.8. The molecule has 0 saturated carbocycles. The second kappa shape index (κ2) is 6.45. The first kappa shape index (κ1) is 16.6. The van der Waals surface area contributed by atoms with E-state index in [0.29, 0.717) is 16.8 Å². The number of nitro benzene ring substituents is 1. The molecule has 1 aliphatic carbocycles. The van der Waals surface area contributed by atoms with Crippen LogP contribution in [0.3, 0.4) is 0 Å². The molecule has 0 atom stereocenters. The first-order chi connectivity index (χ1) is 12.5. The zero-order valence-corrected chi connectivity index (χ0v) is 15.0. The zero-order valence-electron chi connectivity index (χ0n) is 14.1. The molecule has 26 heavy (non-hydrogen) atoms. The lowest BCUT2D eigenvalue weighted by Gasteiger charge is -2.10. The number of hydrogen-bond donors (Lipinski definition) is 0. The highest BCUT2D eigenvalue weighted by molar-refractivity contribution is 7.18. The van der Waals surface area contributed by atoms with Gasteiger partial charge in [0.2, 0.25) is 0 Å². The van der Waals surface area contributed by atoms with Crippen molar-refractivity contribution in [2.75, 3.05) is 0 Å². The maximum absolute atomic E-state index is 13.0. The fourth-order valence-electron chi connectivity index (χ4n) is 3.28. The topological polar surface area (TPSA) is 90.4 Å². The molecule has 4 rings (SSSR count). The molecule has 0 N–H and O–H groups in total. The molecule has 2 heterocycles. The number of non-ortho nitro benzene ring substituents is 1. The van der Waals surface area contributed by atoms with Gasteiger partial charge in [-0.2, -0.15) is 9.78 Å². The van der Waals surface area contributed by atoms with Crippen LogP contribution in [0.25, 0.3) is 10.2 Å². The van der Waals surface area contributed by atoms with Crippen molar-refractivity contribution < 1.29 is 4.92 Å². The van der Waals surface area contributed by atoms with Crippen molar-refractivity contribution >= 4 is 33.5 Å². The van der Waals surface area contributed by atoms with Gasteiger partial charge in [0.1, 0.15) is 10.7 Å². The van der Waals surface area contributed by atoms with Gasteiger partial charge in [-0.15, -0.1) is 11.3 Å². The van der Waals surface area contributed by atoms with Gasteiger partial charge in [0.05, 0.1) is 16.5 Å². The van der Waals surface area contributed by atoms with Crippen LogP contribution in [-0.2, 0) is 12.8 Å². The van der Waals surface area contributed by atoms with Crippen LogP contribution in [0.4, 0.5) is 5.69 Å². The maximum atomic E-state index is 13.0. The number of fused-ring (bicyclic) bond motifs is 3. The van der Waals surface area contributed by atoms with E-state index in [1.54, 1.807) is 30.4 Å². The van der Waals surface area contributed by atoms with E-state index in [-0.39, 0.29) is 11.2 Å². The fraction of sp³-hybridized carbons (Fsp3) is 0.278. The molecule has 8 heteroatoms. The van der Waals surface area contributed by atoms with Crippen molar-refractivity contribution in [3.63, 3.8) is 0 Å². The lowest BCUT2D eigenvalue weighted by atomic mass is 9.97. The number of nitro groups is 1. The Morgan fingerprint density at radius 1 is 1.35 bits per heavy atom. The van der Waals surface area contributed by atoms with Crippen LogP contribution in [0.5, 0.6) is 0 Å². The first-order valence-corrected chi connectivity index (χ1v) is 9.19. The van der Waals surface area contributed by atoms with Gasteiger partial charge in [0, 0.05) is 22.6 Å². The molecular formula is C18H16N4O3S. The third kappa shape index (κ3) is 2.82. The van der Waals surface area contributed by atoms with Gasteiger partial charge >= 0.3 is 0 Å². The number of rotatable bonds is 3. The summed E-state index contributed by atoms with van der Waals surface area (Å²) in [6, 6.07) is 6.13. The molecule has 0 aliphatic heterocycles. The van der Waals surface area contributed by atoms with Crippen molar-refractivity contribution in [3.05, 3.63) is 66.6 Å². The molecule has 0 amide bonds. The molecule has 0 bridgehead atoms. The molecule has 132 valence electrons. The largest absolute Gasteiger partial charge is 0.283 e. The molecular weight excluding hydrogens is 352 g/mol. The van der Waals surface area contributed by atoms with Crippen LogP contribution in [0.15, 0.2) is 34.2 Å².